The third kappa shape index (κ3) is 3.24. The van der Waals surface area contributed by atoms with Crippen LogP contribution in [0.4, 0.5) is 0 Å². The molecular formula is C16H31N. The highest BCUT2D eigenvalue weighted by molar-refractivity contribution is 4.86. The first-order chi connectivity index (χ1) is 8.36. The highest BCUT2D eigenvalue weighted by atomic mass is 14.6. The van der Waals surface area contributed by atoms with Crippen molar-refractivity contribution in [3.8, 4) is 0 Å². The van der Waals surface area contributed by atoms with Crippen molar-refractivity contribution in [3.05, 3.63) is 0 Å². The largest absolute Gasteiger partial charge is 0.330 e. The van der Waals surface area contributed by atoms with Crippen molar-refractivity contribution in [2.24, 2.45) is 29.4 Å². The highest BCUT2D eigenvalue weighted by Crippen LogP contribution is 2.44. The van der Waals surface area contributed by atoms with Gasteiger partial charge >= 0.3 is 0 Å². The Hall–Kier alpha value is -0.0400. The van der Waals surface area contributed by atoms with E-state index < -0.39 is 0 Å². The van der Waals surface area contributed by atoms with E-state index in [4.69, 9.17) is 5.73 Å². The molecule has 100 valence electrons. The van der Waals surface area contributed by atoms with Crippen LogP contribution in [0.3, 0.4) is 0 Å². The van der Waals surface area contributed by atoms with E-state index in [-0.39, 0.29) is 0 Å². The Morgan fingerprint density at radius 3 is 2.00 bits per heavy atom. The first kappa shape index (κ1) is 13.4. The fraction of sp³-hybridized carbons (Fsp3) is 1.00. The van der Waals surface area contributed by atoms with Gasteiger partial charge in [0.15, 0.2) is 0 Å². The zero-order valence-corrected chi connectivity index (χ0v) is 11.7. The summed E-state index contributed by atoms with van der Waals surface area (Å²) < 4.78 is 0. The van der Waals surface area contributed by atoms with Gasteiger partial charge in [-0.3, -0.25) is 0 Å². The molecule has 1 nitrogen and oxygen atoms in total. The second-order valence-electron chi connectivity index (χ2n) is 6.41. The zero-order chi connectivity index (χ0) is 12.1. The van der Waals surface area contributed by atoms with Gasteiger partial charge in [0.1, 0.15) is 0 Å². The third-order valence-electron chi connectivity index (χ3n) is 5.56. The molecule has 0 radical (unpaired) electrons. The van der Waals surface area contributed by atoms with Crippen LogP contribution in [0, 0.1) is 23.7 Å². The van der Waals surface area contributed by atoms with Crippen LogP contribution in [-0.2, 0) is 0 Å². The Balaban J connectivity index is 2.04. The standard InChI is InChI=1S/C16H31N/c1-2-13-8-6-7-11-15(13)16-10-5-3-4-9-14(16)12-17/h13-16H,2-12,17H2,1H3. The van der Waals surface area contributed by atoms with Crippen LogP contribution in [0.15, 0.2) is 0 Å². The maximum atomic E-state index is 6.06. The summed E-state index contributed by atoms with van der Waals surface area (Å²) in [5.41, 5.74) is 6.06. The maximum Gasteiger partial charge on any atom is -0.00461 e. The molecule has 0 aliphatic heterocycles. The monoisotopic (exact) mass is 237 g/mol. The van der Waals surface area contributed by atoms with Gasteiger partial charge in [0, 0.05) is 0 Å². The summed E-state index contributed by atoms with van der Waals surface area (Å²) in [5.74, 6) is 3.84. The van der Waals surface area contributed by atoms with Crippen molar-refractivity contribution in [1.82, 2.24) is 0 Å². The van der Waals surface area contributed by atoms with E-state index in [1.807, 2.05) is 0 Å². The Labute approximate surface area is 108 Å². The van der Waals surface area contributed by atoms with E-state index in [0.29, 0.717) is 0 Å². The molecule has 2 aliphatic rings. The van der Waals surface area contributed by atoms with E-state index in [0.717, 1.165) is 30.2 Å². The van der Waals surface area contributed by atoms with Crippen LogP contribution in [-0.4, -0.2) is 6.54 Å². The lowest BCUT2D eigenvalue weighted by Crippen LogP contribution is -2.34. The minimum Gasteiger partial charge on any atom is -0.330 e. The molecule has 0 aromatic carbocycles. The zero-order valence-electron chi connectivity index (χ0n) is 11.7. The van der Waals surface area contributed by atoms with E-state index in [9.17, 15) is 0 Å². The van der Waals surface area contributed by atoms with Crippen molar-refractivity contribution in [1.29, 1.82) is 0 Å². The third-order valence-corrected chi connectivity index (χ3v) is 5.56. The number of rotatable bonds is 3. The van der Waals surface area contributed by atoms with Gasteiger partial charge in [-0.1, -0.05) is 51.9 Å². The number of hydrogen-bond donors (Lipinski definition) is 1. The van der Waals surface area contributed by atoms with Crippen molar-refractivity contribution < 1.29 is 0 Å². The molecule has 0 bridgehead atoms. The molecule has 2 rings (SSSR count). The van der Waals surface area contributed by atoms with E-state index >= 15 is 0 Å². The lowest BCUT2D eigenvalue weighted by Gasteiger charge is -2.40. The van der Waals surface area contributed by atoms with E-state index in [2.05, 4.69) is 6.92 Å². The van der Waals surface area contributed by atoms with Crippen LogP contribution in [0.1, 0.15) is 71.1 Å². The Bertz CT molecular complexity index is 214. The fourth-order valence-corrected chi connectivity index (χ4v) is 4.58. The first-order valence-corrected chi connectivity index (χ1v) is 8.06. The molecule has 0 saturated heterocycles. The summed E-state index contributed by atoms with van der Waals surface area (Å²) in [6.07, 6.45) is 14.6. The van der Waals surface area contributed by atoms with Crippen molar-refractivity contribution in [2.45, 2.75) is 71.1 Å². The predicted octanol–water partition coefficient (Wildman–Crippen LogP) is 4.36. The minimum atomic E-state index is 0.842. The number of hydrogen-bond acceptors (Lipinski definition) is 1. The maximum absolute atomic E-state index is 6.06. The van der Waals surface area contributed by atoms with Crippen LogP contribution >= 0.6 is 0 Å². The SMILES string of the molecule is CCC1CCCCC1C1CCCCCC1CN. The quantitative estimate of drug-likeness (QED) is 0.725. The Morgan fingerprint density at radius 2 is 1.29 bits per heavy atom. The fourth-order valence-electron chi connectivity index (χ4n) is 4.58. The Morgan fingerprint density at radius 1 is 0.765 bits per heavy atom. The van der Waals surface area contributed by atoms with Crippen molar-refractivity contribution >= 4 is 0 Å². The molecular weight excluding hydrogens is 206 g/mol. The molecule has 2 fully saturated rings. The van der Waals surface area contributed by atoms with Gasteiger partial charge in [-0.15, -0.1) is 0 Å². The van der Waals surface area contributed by atoms with Gasteiger partial charge in [-0.2, -0.15) is 0 Å². The molecule has 1 heteroatoms. The normalized spacial score (nSPS) is 39.9. The summed E-state index contributed by atoms with van der Waals surface area (Å²) in [5, 5.41) is 0. The summed E-state index contributed by atoms with van der Waals surface area (Å²) in [6, 6.07) is 0. The second-order valence-corrected chi connectivity index (χ2v) is 6.41. The van der Waals surface area contributed by atoms with Crippen molar-refractivity contribution in [2.75, 3.05) is 6.54 Å². The van der Waals surface area contributed by atoms with Gasteiger partial charge < -0.3 is 5.73 Å². The average molecular weight is 237 g/mol. The lowest BCUT2D eigenvalue weighted by atomic mass is 9.66. The Kier molecular flexibility index (Phi) is 5.34. The molecule has 0 spiro atoms. The van der Waals surface area contributed by atoms with Crippen LogP contribution in [0.2, 0.25) is 0 Å². The molecule has 2 N–H and O–H groups in total. The molecule has 0 aromatic rings. The average Bonchev–Trinajstić information content (AvgIpc) is 2.63. The summed E-state index contributed by atoms with van der Waals surface area (Å²) in [4.78, 5) is 0. The summed E-state index contributed by atoms with van der Waals surface area (Å²) in [6.45, 7) is 3.34. The van der Waals surface area contributed by atoms with Crippen molar-refractivity contribution in [3.63, 3.8) is 0 Å². The molecule has 4 unspecified atom stereocenters. The van der Waals surface area contributed by atoms with Gasteiger partial charge in [0.2, 0.25) is 0 Å². The molecule has 17 heavy (non-hydrogen) atoms. The van der Waals surface area contributed by atoms with Gasteiger partial charge in [-0.05, 0) is 49.5 Å². The molecule has 2 saturated carbocycles. The highest BCUT2D eigenvalue weighted by Gasteiger charge is 2.35. The minimum absolute atomic E-state index is 0.842. The van der Waals surface area contributed by atoms with Gasteiger partial charge in [-0.25, -0.2) is 0 Å². The van der Waals surface area contributed by atoms with E-state index in [1.165, 1.54) is 64.2 Å². The molecule has 0 amide bonds. The predicted molar refractivity (Wildman–Crippen MR) is 74.9 cm³/mol. The van der Waals surface area contributed by atoms with Crippen LogP contribution in [0.5, 0.6) is 0 Å². The van der Waals surface area contributed by atoms with Gasteiger partial charge in [0.25, 0.3) is 0 Å². The number of nitrogens with two attached hydrogens (primary N) is 1. The topological polar surface area (TPSA) is 26.0 Å². The molecule has 4 atom stereocenters. The summed E-state index contributed by atoms with van der Waals surface area (Å²) >= 11 is 0. The molecule has 2 aliphatic carbocycles. The van der Waals surface area contributed by atoms with Crippen LogP contribution < -0.4 is 5.73 Å². The molecule has 0 heterocycles. The smallest absolute Gasteiger partial charge is 0.00461 e. The molecule has 0 aromatic heterocycles. The second kappa shape index (κ2) is 6.78. The van der Waals surface area contributed by atoms with Crippen LogP contribution in [0.25, 0.3) is 0 Å². The van der Waals surface area contributed by atoms with E-state index in [1.54, 1.807) is 0 Å². The first-order valence-electron chi connectivity index (χ1n) is 8.06. The van der Waals surface area contributed by atoms with Gasteiger partial charge in [0.05, 0.1) is 0 Å². The lowest BCUT2D eigenvalue weighted by molar-refractivity contribution is 0.107. The summed E-state index contributed by atoms with van der Waals surface area (Å²) in [7, 11) is 0.